The van der Waals surface area contributed by atoms with Crippen molar-refractivity contribution in [2.75, 3.05) is 13.1 Å². The number of hydrogen-bond donors (Lipinski definition) is 1. The van der Waals surface area contributed by atoms with Gasteiger partial charge in [0.2, 0.25) is 10.0 Å². The van der Waals surface area contributed by atoms with Gasteiger partial charge >= 0.3 is 0 Å². The summed E-state index contributed by atoms with van der Waals surface area (Å²) in [5.41, 5.74) is 0.497. The fourth-order valence-electron chi connectivity index (χ4n) is 2.81. The molecule has 8 heteroatoms. The number of thiophene rings is 1. The van der Waals surface area contributed by atoms with Gasteiger partial charge in [-0.1, -0.05) is 23.7 Å². The second-order valence-electron chi connectivity index (χ2n) is 5.80. The maximum absolute atomic E-state index is 13.9. The van der Waals surface area contributed by atoms with Gasteiger partial charge < -0.3 is 0 Å². The molecule has 0 saturated carbocycles. The van der Waals surface area contributed by atoms with Gasteiger partial charge in [0.15, 0.2) is 0 Å². The molecule has 1 fully saturated rings. The fraction of sp³-hybridized carbons (Fsp3) is 0.375. The summed E-state index contributed by atoms with van der Waals surface area (Å²) >= 11 is 7.27. The molecule has 2 heterocycles. The average Bonchev–Trinajstić information content (AvgIpc) is 3.08. The molecule has 0 amide bonds. The summed E-state index contributed by atoms with van der Waals surface area (Å²) in [6.07, 6.45) is 1.38. The zero-order valence-electron chi connectivity index (χ0n) is 12.9. The molecule has 1 saturated heterocycles. The zero-order valence-corrected chi connectivity index (χ0v) is 15.3. The Balaban J connectivity index is 1.57. The molecule has 1 aromatic carbocycles. The van der Waals surface area contributed by atoms with E-state index in [2.05, 4.69) is 9.62 Å². The van der Waals surface area contributed by atoms with E-state index < -0.39 is 10.0 Å². The molecule has 130 valence electrons. The molecule has 0 aliphatic carbocycles. The highest BCUT2D eigenvalue weighted by molar-refractivity contribution is 7.91. The van der Waals surface area contributed by atoms with Crippen molar-refractivity contribution in [3.63, 3.8) is 0 Å². The Morgan fingerprint density at radius 1 is 1.25 bits per heavy atom. The molecule has 0 bridgehead atoms. The van der Waals surface area contributed by atoms with Crippen molar-refractivity contribution >= 4 is 33.0 Å². The van der Waals surface area contributed by atoms with Gasteiger partial charge in [0.25, 0.3) is 0 Å². The number of sulfonamides is 1. The highest BCUT2D eigenvalue weighted by atomic mass is 35.5. The van der Waals surface area contributed by atoms with E-state index in [0.717, 1.165) is 0 Å². The molecule has 0 unspecified atom stereocenters. The van der Waals surface area contributed by atoms with Crippen LogP contribution in [0.5, 0.6) is 0 Å². The quantitative estimate of drug-likeness (QED) is 0.853. The molecule has 0 atom stereocenters. The van der Waals surface area contributed by atoms with Gasteiger partial charge in [-0.15, -0.1) is 11.3 Å². The lowest BCUT2D eigenvalue weighted by atomic mass is 10.1. The molecule has 1 aliphatic heterocycles. The van der Waals surface area contributed by atoms with Crippen LogP contribution < -0.4 is 4.72 Å². The van der Waals surface area contributed by atoms with Crippen LogP contribution >= 0.6 is 22.9 Å². The zero-order chi connectivity index (χ0) is 17.2. The lowest BCUT2D eigenvalue weighted by molar-refractivity contribution is 0.198. The maximum atomic E-state index is 13.9. The summed E-state index contributed by atoms with van der Waals surface area (Å²) in [5.74, 6) is -0.303. The molecule has 1 N–H and O–H groups in total. The standard InChI is InChI=1S/C16H18ClFN2O2S2/c17-14-3-1-4-15(18)13(14)11-20-8-6-12(7-9-20)19-24(21,22)16-5-2-10-23-16/h1-5,10,12,19H,6-9,11H2. The largest absolute Gasteiger partial charge is 0.299 e. The molecule has 0 radical (unpaired) electrons. The molecule has 24 heavy (non-hydrogen) atoms. The van der Waals surface area contributed by atoms with E-state index in [1.165, 1.54) is 17.4 Å². The minimum atomic E-state index is -3.44. The highest BCUT2D eigenvalue weighted by Gasteiger charge is 2.25. The van der Waals surface area contributed by atoms with E-state index in [1.807, 2.05) is 0 Å². The van der Waals surface area contributed by atoms with Crippen LogP contribution in [0.25, 0.3) is 0 Å². The lowest BCUT2D eigenvalue weighted by Gasteiger charge is -2.32. The number of likely N-dealkylation sites (tertiary alicyclic amines) is 1. The van der Waals surface area contributed by atoms with Crippen LogP contribution in [-0.4, -0.2) is 32.4 Å². The minimum Gasteiger partial charge on any atom is -0.299 e. The minimum absolute atomic E-state index is 0.0931. The number of piperidine rings is 1. The molecule has 1 aromatic heterocycles. The predicted octanol–water partition coefficient (Wildman–Crippen LogP) is 3.48. The van der Waals surface area contributed by atoms with Gasteiger partial charge in [0.05, 0.1) is 0 Å². The van der Waals surface area contributed by atoms with Crippen LogP contribution in [0.3, 0.4) is 0 Å². The summed E-state index contributed by atoms with van der Waals surface area (Å²) in [6, 6.07) is 7.91. The van der Waals surface area contributed by atoms with Crippen molar-refractivity contribution in [2.45, 2.75) is 29.6 Å². The Bertz CT molecular complexity index is 768. The molecule has 2 aromatic rings. The number of benzene rings is 1. The van der Waals surface area contributed by atoms with E-state index in [0.29, 0.717) is 47.3 Å². The Kier molecular flexibility index (Phi) is 5.56. The first-order valence-corrected chi connectivity index (χ1v) is 10.4. The number of rotatable bonds is 5. The third-order valence-electron chi connectivity index (χ3n) is 4.11. The summed E-state index contributed by atoms with van der Waals surface area (Å²) in [5, 5.41) is 2.17. The molecule has 4 nitrogen and oxygen atoms in total. The van der Waals surface area contributed by atoms with Gasteiger partial charge in [-0.2, -0.15) is 0 Å². The average molecular weight is 389 g/mol. The predicted molar refractivity (Wildman–Crippen MR) is 94.3 cm³/mol. The molecule has 3 rings (SSSR count). The van der Waals surface area contributed by atoms with Gasteiger partial charge in [0, 0.05) is 36.3 Å². The monoisotopic (exact) mass is 388 g/mol. The summed E-state index contributed by atoms with van der Waals surface area (Å²) < 4.78 is 41.4. The van der Waals surface area contributed by atoms with Crippen LogP contribution in [0.1, 0.15) is 18.4 Å². The summed E-state index contributed by atoms with van der Waals surface area (Å²) in [4.78, 5) is 2.10. The smallest absolute Gasteiger partial charge is 0.250 e. The van der Waals surface area contributed by atoms with E-state index in [1.54, 1.807) is 29.6 Å². The Labute approximate surface area is 150 Å². The molecule has 1 aliphatic rings. The van der Waals surface area contributed by atoms with Gasteiger partial charge in [-0.05, 0) is 36.4 Å². The van der Waals surface area contributed by atoms with Crippen LogP contribution in [0.15, 0.2) is 39.9 Å². The first-order valence-electron chi connectivity index (χ1n) is 7.67. The highest BCUT2D eigenvalue weighted by Crippen LogP contribution is 2.23. The number of halogens is 2. The Hall–Kier alpha value is -0.990. The van der Waals surface area contributed by atoms with E-state index in [4.69, 9.17) is 11.6 Å². The van der Waals surface area contributed by atoms with Crippen molar-refractivity contribution in [1.29, 1.82) is 0 Å². The molecular formula is C16H18ClFN2O2S2. The second kappa shape index (κ2) is 7.49. The van der Waals surface area contributed by atoms with Crippen LogP contribution in [0.4, 0.5) is 4.39 Å². The second-order valence-corrected chi connectivity index (χ2v) is 9.10. The van der Waals surface area contributed by atoms with Crippen molar-refractivity contribution < 1.29 is 12.8 Å². The summed E-state index contributed by atoms with van der Waals surface area (Å²) in [6.45, 7) is 1.83. The van der Waals surface area contributed by atoms with Crippen LogP contribution in [0, 0.1) is 5.82 Å². The van der Waals surface area contributed by atoms with Crippen molar-refractivity contribution in [3.8, 4) is 0 Å². The third kappa shape index (κ3) is 4.15. The normalized spacial score (nSPS) is 17.2. The Morgan fingerprint density at radius 2 is 2.00 bits per heavy atom. The van der Waals surface area contributed by atoms with Gasteiger partial charge in [-0.25, -0.2) is 17.5 Å². The first kappa shape index (κ1) is 17.8. The van der Waals surface area contributed by atoms with E-state index in [-0.39, 0.29) is 11.9 Å². The van der Waals surface area contributed by atoms with Crippen molar-refractivity contribution in [3.05, 3.63) is 52.1 Å². The SMILES string of the molecule is O=S(=O)(NC1CCN(Cc2c(F)cccc2Cl)CC1)c1cccs1. The number of nitrogens with zero attached hydrogens (tertiary/aromatic N) is 1. The fourth-order valence-corrected chi connectivity index (χ4v) is 5.35. The van der Waals surface area contributed by atoms with Gasteiger partial charge in [0.1, 0.15) is 10.0 Å². The number of hydrogen-bond acceptors (Lipinski definition) is 4. The van der Waals surface area contributed by atoms with Crippen LogP contribution in [0.2, 0.25) is 5.02 Å². The topological polar surface area (TPSA) is 49.4 Å². The van der Waals surface area contributed by atoms with E-state index >= 15 is 0 Å². The van der Waals surface area contributed by atoms with E-state index in [9.17, 15) is 12.8 Å². The summed E-state index contributed by atoms with van der Waals surface area (Å²) in [7, 11) is -3.44. The molecule has 0 spiro atoms. The van der Waals surface area contributed by atoms with Crippen LogP contribution in [-0.2, 0) is 16.6 Å². The number of nitrogens with one attached hydrogen (secondary N) is 1. The van der Waals surface area contributed by atoms with Crippen molar-refractivity contribution in [1.82, 2.24) is 9.62 Å². The Morgan fingerprint density at radius 3 is 2.62 bits per heavy atom. The van der Waals surface area contributed by atoms with Gasteiger partial charge in [-0.3, -0.25) is 4.90 Å². The first-order chi connectivity index (χ1) is 11.5. The lowest BCUT2D eigenvalue weighted by Crippen LogP contribution is -2.44. The third-order valence-corrected chi connectivity index (χ3v) is 7.38. The van der Waals surface area contributed by atoms with Crippen molar-refractivity contribution in [2.24, 2.45) is 0 Å². The molecular weight excluding hydrogens is 371 g/mol. The maximum Gasteiger partial charge on any atom is 0.250 e.